The van der Waals surface area contributed by atoms with Gasteiger partial charge >= 0.3 is 0 Å². The largest absolute Gasteiger partial charge is 0.489 e. The summed E-state index contributed by atoms with van der Waals surface area (Å²) < 4.78 is 18.2. The van der Waals surface area contributed by atoms with E-state index >= 15 is 0 Å². The Hall–Kier alpha value is -1.35. The summed E-state index contributed by atoms with van der Waals surface area (Å²) in [5, 5.41) is 0. The topological polar surface area (TPSA) is 12.5 Å². The van der Waals surface area contributed by atoms with Crippen LogP contribution >= 0.6 is 0 Å². The van der Waals surface area contributed by atoms with Crippen LogP contribution in [0.4, 0.5) is 4.39 Å². The van der Waals surface area contributed by atoms with Crippen molar-refractivity contribution in [1.29, 1.82) is 0 Å². The highest BCUT2D eigenvalue weighted by molar-refractivity contribution is 5.23. The molecule has 0 atom stereocenters. The van der Waals surface area contributed by atoms with Gasteiger partial charge in [-0.1, -0.05) is 6.08 Å². The summed E-state index contributed by atoms with van der Waals surface area (Å²) in [6, 6.07) is 6.14. The summed E-state index contributed by atoms with van der Waals surface area (Å²) in [5.41, 5.74) is 1.29. The first-order valence-electron chi connectivity index (χ1n) is 5.49. The van der Waals surface area contributed by atoms with Gasteiger partial charge in [-0.15, -0.1) is 0 Å². The second kappa shape index (κ2) is 5.12. The van der Waals surface area contributed by atoms with Crippen LogP contribution in [0.2, 0.25) is 0 Å². The minimum Gasteiger partial charge on any atom is -0.489 e. The number of likely N-dealkylation sites (N-methyl/N-ethyl adjacent to an activating group) is 1. The zero-order valence-electron chi connectivity index (χ0n) is 9.45. The van der Waals surface area contributed by atoms with Gasteiger partial charge in [-0.25, -0.2) is 4.39 Å². The molecule has 16 heavy (non-hydrogen) atoms. The smallest absolute Gasteiger partial charge is 0.123 e. The summed E-state index contributed by atoms with van der Waals surface area (Å²) in [6.45, 7) is 2.66. The van der Waals surface area contributed by atoms with Gasteiger partial charge in [0.05, 0.1) is 0 Å². The zero-order valence-corrected chi connectivity index (χ0v) is 9.45. The molecule has 1 heterocycles. The van der Waals surface area contributed by atoms with Gasteiger partial charge in [0, 0.05) is 13.1 Å². The molecule has 0 saturated carbocycles. The molecule has 1 aromatic carbocycles. The van der Waals surface area contributed by atoms with Gasteiger partial charge in [0.1, 0.15) is 18.2 Å². The van der Waals surface area contributed by atoms with Crippen molar-refractivity contribution in [3.8, 4) is 5.75 Å². The highest BCUT2D eigenvalue weighted by atomic mass is 19.1. The van der Waals surface area contributed by atoms with E-state index < -0.39 is 0 Å². The lowest BCUT2D eigenvalue weighted by atomic mass is 10.1. The van der Waals surface area contributed by atoms with E-state index in [-0.39, 0.29) is 5.82 Å². The molecule has 0 radical (unpaired) electrons. The Bertz CT molecular complexity index is 372. The van der Waals surface area contributed by atoms with Crippen molar-refractivity contribution in [2.24, 2.45) is 0 Å². The van der Waals surface area contributed by atoms with Crippen LogP contribution in [0.3, 0.4) is 0 Å². The predicted octanol–water partition coefficient (Wildman–Crippen LogP) is 2.47. The van der Waals surface area contributed by atoms with Crippen molar-refractivity contribution in [2.45, 2.75) is 6.42 Å². The third-order valence-corrected chi connectivity index (χ3v) is 2.65. The van der Waals surface area contributed by atoms with Crippen LogP contribution in [0.15, 0.2) is 35.9 Å². The zero-order chi connectivity index (χ0) is 11.4. The Morgan fingerprint density at radius 1 is 1.31 bits per heavy atom. The summed E-state index contributed by atoms with van der Waals surface area (Å²) >= 11 is 0. The monoisotopic (exact) mass is 221 g/mol. The van der Waals surface area contributed by atoms with Gasteiger partial charge in [0.15, 0.2) is 0 Å². The molecule has 86 valence electrons. The lowest BCUT2D eigenvalue weighted by molar-refractivity contribution is 0.302. The van der Waals surface area contributed by atoms with Crippen LogP contribution in [-0.4, -0.2) is 31.6 Å². The fourth-order valence-electron chi connectivity index (χ4n) is 1.79. The Balaban J connectivity index is 1.87. The molecule has 0 aromatic heterocycles. The van der Waals surface area contributed by atoms with Gasteiger partial charge in [0.2, 0.25) is 0 Å². The van der Waals surface area contributed by atoms with Crippen molar-refractivity contribution in [3.05, 3.63) is 41.7 Å². The van der Waals surface area contributed by atoms with Gasteiger partial charge in [-0.05, 0) is 43.3 Å². The van der Waals surface area contributed by atoms with Gasteiger partial charge in [0.25, 0.3) is 0 Å². The third kappa shape index (κ3) is 3.07. The van der Waals surface area contributed by atoms with E-state index in [1.807, 2.05) is 0 Å². The molecule has 0 amide bonds. The number of benzene rings is 1. The molecule has 1 aromatic rings. The Labute approximate surface area is 95.3 Å². The van der Waals surface area contributed by atoms with Crippen LogP contribution in [0.1, 0.15) is 6.42 Å². The van der Waals surface area contributed by atoms with Crippen LogP contribution < -0.4 is 4.74 Å². The standard InChI is InChI=1S/C13H16FNO/c1-15-8-2-3-11(9-15)10-16-13-6-4-12(14)5-7-13/h3-7H,2,8-10H2,1H3. The number of ether oxygens (including phenoxy) is 1. The molecule has 1 aliphatic heterocycles. The van der Waals surface area contributed by atoms with E-state index in [2.05, 4.69) is 18.0 Å². The minimum absolute atomic E-state index is 0.232. The SMILES string of the molecule is CN1CCC=C(COc2ccc(F)cc2)C1. The third-order valence-electron chi connectivity index (χ3n) is 2.65. The summed E-state index contributed by atoms with van der Waals surface area (Å²) in [7, 11) is 2.10. The van der Waals surface area contributed by atoms with Crippen molar-refractivity contribution >= 4 is 0 Å². The predicted molar refractivity (Wildman–Crippen MR) is 62.1 cm³/mol. The fraction of sp³-hybridized carbons (Fsp3) is 0.385. The molecule has 0 saturated heterocycles. The molecule has 0 N–H and O–H groups in total. The first kappa shape index (κ1) is 11.1. The second-order valence-corrected chi connectivity index (χ2v) is 4.13. The van der Waals surface area contributed by atoms with Gasteiger partial charge in [-0.3, -0.25) is 0 Å². The Morgan fingerprint density at radius 2 is 2.06 bits per heavy atom. The van der Waals surface area contributed by atoms with E-state index in [9.17, 15) is 4.39 Å². The lowest BCUT2D eigenvalue weighted by Gasteiger charge is -2.22. The maximum atomic E-state index is 12.7. The summed E-state index contributed by atoms with van der Waals surface area (Å²) in [4.78, 5) is 2.27. The maximum Gasteiger partial charge on any atom is 0.123 e. The molecule has 1 aliphatic rings. The molecule has 3 heteroatoms. The first-order chi connectivity index (χ1) is 7.74. The molecule has 0 fully saturated rings. The molecule has 2 nitrogen and oxygen atoms in total. The van der Waals surface area contributed by atoms with Gasteiger partial charge < -0.3 is 9.64 Å². The van der Waals surface area contributed by atoms with E-state index in [0.29, 0.717) is 6.61 Å². The summed E-state index contributed by atoms with van der Waals surface area (Å²) in [5.74, 6) is 0.486. The number of hydrogen-bond donors (Lipinski definition) is 0. The fourth-order valence-corrected chi connectivity index (χ4v) is 1.79. The quantitative estimate of drug-likeness (QED) is 0.727. The van der Waals surface area contributed by atoms with Gasteiger partial charge in [-0.2, -0.15) is 0 Å². The van der Waals surface area contributed by atoms with Crippen LogP contribution in [0, 0.1) is 5.82 Å². The lowest BCUT2D eigenvalue weighted by Crippen LogP contribution is -2.27. The number of nitrogens with zero attached hydrogens (tertiary/aromatic N) is 1. The van der Waals surface area contributed by atoms with Crippen molar-refractivity contribution in [3.63, 3.8) is 0 Å². The number of halogens is 1. The Kier molecular flexibility index (Phi) is 3.57. The van der Waals surface area contributed by atoms with Crippen molar-refractivity contribution in [1.82, 2.24) is 4.90 Å². The molecule has 0 spiro atoms. The average Bonchev–Trinajstić information content (AvgIpc) is 2.28. The van der Waals surface area contributed by atoms with E-state index in [1.165, 1.54) is 17.7 Å². The summed E-state index contributed by atoms with van der Waals surface area (Å²) in [6.07, 6.45) is 3.31. The van der Waals surface area contributed by atoms with Crippen LogP contribution in [-0.2, 0) is 0 Å². The average molecular weight is 221 g/mol. The normalized spacial score (nSPS) is 17.0. The minimum atomic E-state index is -0.232. The van der Waals surface area contributed by atoms with Crippen LogP contribution in [0.5, 0.6) is 5.75 Å². The maximum absolute atomic E-state index is 12.7. The van der Waals surface area contributed by atoms with Crippen molar-refractivity contribution < 1.29 is 9.13 Å². The van der Waals surface area contributed by atoms with E-state index in [4.69, 9.17) is 4.74 Å². The number of hydrogen-bond acceptors (Lipinski definition) is 2. The molecule has 0 bridgehead atoms. The first-order valence-corrected chi connectivity index (χ1v) is 5.49. The van der Waals surface area contributed by atoms with Crippen LogP contribution in [0.25, 0.3) is 0 Å². The second-order valence-electron chi connectivity index (χ2n) is 4.13. The van der Waals surface area contributed by atoms with Crippen molar-refractivity contribution in [2.75, 3.05) is 26.7 Å². The number of rotatable bonds is 3. The Morgan fingerprint density at radius 3 is 2.75 bits per heavy atom. The molecular formula is C13H16FNO. The molecule has 2 rings (SSSR count). The molecule has 0 unspecified atom stereocenters. The van der Waals surface area contributed by atoms with E-state index in [1.54, 1.807) is 12.1 Å². The van der Waals surface area contributed by atoms with E-state index in [0.717, 1.165) is 25.3 Å². The molecular weight excluding hydrogens is 205 g/mol. The molecule has 0 aliphatic carbocycles. The highest BCUT2D eigenvalue weighted by Crippen LogP contribution is 2.14. The highest BCUT2D eigenvalue weighted by Gasteiger charge is 2.08.